The van der Waals surface area contributed by atoms with Crippen LogP contribution in [0.4, 0.5) is 16.8 Å². The molecule has 1 aliphatic carbocycles. The molecule has 9 nitrogen and oxygen atoms in total. The molecule has 3 heterocycles. The second-order valence-corrected chi connectivity index (χ2v) is 11.3. The van der Waals surface area contributed by atoms with Gasteiger partial charge in [-0.25, -0.2) is 23.4 Å². The van der Waals surface area contributed by atoms with E-state index in [0.29, 0.717) is 11.7 Å². The van der Waals surface area contributed by atoms with E-state index in [-0.39, 0.29) is 15.2 Å². The average Bonchev–Trinajstić information content (AvgIpc) is 3.41. The highest BCUT2D eigenvalue weighted by Gasteiger charge is 2.29. The van der Waals surface area contributed by atoms with Gasteiger partial charge in [-0.2, -0.15) is 0 Å². The van der Waals surface area contributed by atoms with E-state index in [0.717, 1.165) is 72.0 Å². The molecule has 172 valence electrons. The topological polar surface area (TPSA) is 117 Å². The Bertz CT molecular complexity index is 1340. The molecule has 1 amide bonds. The number of amides is 1. The van der Waals surface area contributed by atoms with Crippen LogP contribution in [0.15, 0.2) is 34.7 Å². The lowest BCUT2D eigenvalue weighted by molar-refractivity contribution is -0.114. The van der Waals surface area contributed by atoms with Gasteiger partial charge in [0.2, 0.25) is 11.9 Å². The highest BCUT2D eigenvalue weighted by atomic mass is 32.2. The molecule has 0 spiro atoms. The molecule has 0 bridgehead atoms. The molecule has 1 atom stereocenters. The highest BCUT2D eigenvalue weighted by Crippen LogP contribution is 2.35. The average molecular weight is 485 g/mol. The molecule has 1 aliphatic heterocycles. The van der Waals surface area contributed by atoms with Crippen LogP contribution in [-0.2, 0) is 27.7 Å². The molecule has 1 fully saturated rings. The smallest absolute Gasteiger partial charge is 0.273 e. The Morgan fingerprint density at radius 2 is 2.09 bits per heavy atom. The number of thiazole rings is 1. The first-order valence-electron chi connectivity index (χ1n) is 10.8. The summed E-state index contributed by atoms with van der Waals surface area (Å²) in [5.74, 6) is 0.448. The van der Waals surface area contributed by atoms with Gasteiger partial charge in [-0.15, -0.1) is 0 Å². The molecule has 0 saturated carbocycles. The van der Waals surface area contributed by atoms with E-state index in [1.165, 1.54) is 13.1 Å². The molecule has 1 aromatic carbocycles. The van der Waals surface area contributed by atoms with Gasteiger partial charge in [0.05, 0.1) is 11.9 Å². The van der Waals surface area contributed by atoms with Crippen molar-refractivity contribution in [1.29, 1.82) is 0 Å². The number of carbonyl (C=O) groups is 1. The van der Waals surface area contributed by atoms with E-state index in [2.05, 4.69) is 26.8 Å². The fraction of sp³-hybridized carbons (Fsp3) is 0.364. The van der Waals surface area contributed by atoms with Gasteiger partial charge in [0.15, 0.2) is 9.34 Å². The summed E-state index contributed by atoms with van der Waals surface area (Å²) < 4.78 is 28.4. The molecule has 11 heteroatoms. The van der Waals surface area contributed by atoms with E-state index < -0.39 is 10.0 Å². The summed E-state index contributed by atoms with van der Waals surface area (Å²) in [7, 11) is -3.85. The molecule has 2 N–H and O–H groups in total. The van der Waals surface area contributed by atoms with Gasteiger partial charge in [-0.05, 0) is 44.7 Å². The maximum atomic E-state index is 12.9. The largest absolute Gasteiger partial charge is 0.338 e. The number of carbonyl (C=O) groups excluding carboxylic acids is 1. The quantitative estimate of drug-likeness (QED) is 0.550. The van der Waals surface area contributed by atoms with Crippen LogP contribution in [0, 0.1) is 0 Å². The number of rotatable bonds is 6. The van der Waals surface area contributed by atoms with Gasteiger partial charge in [0.1, 0.15) is 0 Å². The first-order chi connectivity index (χ1) is 15.8. The lowest BCUT2D eigenvalue weighted by Gasteiger charge is -2.39. The van der Waals surface area contributed by atoms with Gasteiger partial charge in [0, 0.05) is 42.0 Å². The van der Waals surface area contributed by atoms with Crippen LogP contribution in [0.25, 0.3) is 11.3 Å². The van der Waals surface area contributed by atoms with Crippen molar-refractivity contribution in [3.05, 3.63) is 41.7 Å². The summed E-state index contributed by atoms with van der Waals surface area (Å²) >= 11 is 0.899. The van der Waals surface area contributed by atoms with E-state index in [1.54, 1.807) is 12.1 Å². The first kappa shape index (κ1) is 21.8. The Labute approximate surface area is 196 Å². The minimum Gasteiger partial charge on any atom is -0.338 e. The van der Waals surface area contributed by atoms with E-state index in [9.17, 15) is 13.2 Å². The van der Waals surface area contributed by atoms with Gasteiger partial charge in [-0.3, -0.25) is 9.52 Å². The monoisotopic (exact) mass is 484 g/mol. The number of nitrogens with one attached hydrogen (secondary N) is 2. The van der Waals surface area contributed by atoms with E-state index >= 15 is 0 Å². The number of anilines is 3. The van der Waals surface area contributed by atoms with Crippen molar-refractivity contribution in [1.82, 2.24) is 15.0 Å². The lowest BCUT2D eigenvalue weighted by atomic mass is 10.0. The number of aromatic nitrogens is 3. The molecule has 1 unspecified atom stereocenters. The van der Waals surface area contributed by atoms with E-state index in [1.807, 2.05) is 12.1 Å². The maximum Gasteiger partial charge on any atom is 0.273 e. The number of fused-ring (bicyclic) bond motifs is 1. The summed E-state index contributed by atoms with van der Waals surface area (Å²) in [6.45, 7) is 4.47. The molecule has 33 heavy (non-hydrogen) atoms. The van der Waals surface area contributed by atoms with Crippen LogP contribution in [0.2, 0.25) is 0 Å². The van der Waals surface area contributed by atoms with Crippen LogP contribution in [0.5, 0.6) is 0 Å². The molecule has 3 aromatic rings. The second-order valence-electron chi connectivity index (χ2n) is 8.33. The summed E-state index contributed by atoms with van der Waals surface area (Å²) in [5.41, 5.74) is 4.41. The van der Waals surface area contributed by atoms with Crippen LogP contribution < -0.4 is 14.9 Å². The Kier molecular flexibility index (Phi) is 5.53. The number of hydrogen-bond donors (Lipinski definition) is 2. The van der Waals surface area contributed by atoms with Crippen molar-refractivity contribution in [2.24, 2.45) is 0 Å². The Balaban J connectivity index is 1.45. The van der Waals surface area contributed by atoms with E-state index in [4.69, 9.17) is 9.97 Å². The van der Waals surface area contributed by atoms with Gasteiger partial charge >= 0.3 is 0 Å². The summed E-state index contributed by atoms with van der Waals surface area (Å²) in [4.78, 5) is 27.1. The molecule has 2 aromatic heterocycles. The van der Waals surface area contributed by atoms with Crippen LogP contribution >= 0.6 is 11.3 Å². The number of hydrogen-bond acceptors (Lipinski definition) is 8. The molecular weight excluding hydrogens is 460 g/mol. The predicted molar refractivity (Wildman–Crippen MR) is 128 cm³/mol. The first-order valence-corrected chi connectivity index (χ1v) is 13.1. The van der Waals surface area contributed by atoms with Crippen molar-refractivity contribution < 1.29 is 13.2 Å². The summed E-state index contributed by atoms with van der Waals surface area (Å²) in [5, 5.41) is 2.74. The standard InChI is InChI=1S/C22H24N6O3S2/c1-13-9-10-28(13)21-25-18-8-4-7-17(18)20(26-21)15-5-3-6-16(11-15)27-33(30,31)19-12-23-22(32-19)24-14(2)29/h3,5-6,11-13,27H,4,7-10H2,1-2H3,(H,23,24,29). The summed E-state index contributed by atoms with van der Waals surface area (Å²) in [6, 6.07) is 7.70. The zero-order chi connectivity index (χ0) is 23.2. The highest BCUT2D eigenvalue weighted by molar-refractivity contribution is 7.94. The van der Waals surface area contributed by atoms with Crippen molar-refractivity contribution in [2.75, 3.05) is 21.5 Å². The molecule has 1 saturated heterocycles. The maximum absolute atomic E-state index is 12.9. The fourth-order valence-electron chi connectivity index (χ4n) is 4.13. The third-order valence-corrected chi connectivity index (χ3v) is 8.67. The fourth-order valence-corrected chi connectivity index (χ4v) is 6.25. The second kappa shape index (κ2) is 8.38. The van der Waals surface area contributed by atoms with Crippen LogP contribution in [0.3, 0.4) is 0 Å². The van der Waals surface area contributed by atoms with Crippen LogP contribution in [-0.4, -0.2) is 41.9 Å². The lowest BCUT2D eigenvalue weighted by Crippen LogP contribution is -2.46. The number of benzene rings is 1. The normalized spacial score (nSPS) is 17.4. The predicted octanol–water partition coefficient (Wildman–Crippen LogP) is 3.45. The van der Waals surface area contributed by atoms with Crippen molar-refractivity contribution in [3.63, 3.8) is 0 Å². The molecular formula is C22H24N6O3S2. The van der Waals surface area contributed by atoms with Crippen molar-refractivity contribution in [3.8, 4) is 11.3 Å². The summed E-state index contributed by atoms with van der Waals surface area (Å²) in [6.07, 6.45) is 5.27. The molecule has 2 aliphatic rings. The third-order valence-electron chi connectivity index (χ3n) is 5.92. The minimum atomic E-state index is -3.85. The number of sulfonamides is 1. The Morgan fingerprint density at radius 3 is 2.82 bits per heavy atom. The van der Waals surface area contributed by atoms with Gasteiger partial charge in [0.25, 0.3) is 10.0 Å². The van der Waals surface area contributed by atoms with Crippen molar-refractivity contribution >= 4 is 44.0 Å². The number of aryl methyl sites for hydroxylation is 1. The Morgan fingerprint density at radius 1 is 1.24 bits per heavy atom. The third kappa shape index (κ3) is 4.30. The Hall–Kier alpha value is -3.05. The SMILES string of the molecule is CC(=O)Nc1ncc(S(=O)(=O)Nc2cccc(-c3nc(N4CCC4C)nc4c3CCC4)c2)s1. The zero-order valence-electron chi connectivity index (χ0n) is 18.3. The van der Waals surface area contributed by atoms with Crippen molar-refractivity contribution in [2.45, 2.75) is 49.8 Å². The van der Waals surface area contributed by atoms with Gasteiger partial charge < -0.3 is 10.2 Å². The molecule has 0 radical (unpaired) electrons. The molecule has 5 rings (SSSR count). The van der Waals surface area contributed by atoms with Gasteiger partial charge in [-0.1, -0.05) is 23.5 Å². The minimum absolute atomic E-state index is 0.0219. The number of nitrogens with zero attached hydrogens (tertiary/aromatic N) is 4. The zero-order valence-corrected chi connectivity index (χ0v) is 20.0. The van der Waals surface area contributed by atoms with Crippen LogP contribution in [0.1, 0.15) is 37.9 Å².